The smallest absolute Gasteiger partial charge is 0.243 e. The van der Waals surface area contributed by atoms with Crippen molar-refractivity contribution in [3.8, 4) is 17.1 Å². The van der Waals surface area contributed by atoms with Crippen molar-refractivity contribution in [3.05, 3.63) is 60.0 Å². The van der Waals surface area contributed by atoms with Crippen LogP contribution in [0.1, 0.15) is 31.2 Å². The van der Waals surface area contributed by atoms with Crippen molar-refractivity contribution in [2.45, 2.75) is 31.2 Å². The van der Waals surface area contributed by atoms with E-state index in [0.29, 0.717) is 11.7 Å². The van der Waals surface area contributed by atoms with Gasteiger partial charge in [0, 0.05) is 12.6 Å². The van der Waals surface area contributed by atoms with Gasteiger partial charge in [-0.2, -0.15) is 9.29 Å². The first-order valence-electron chi connectivity index (χ1n) is 8.84. The first kappa shape index (κ1) is 20.0. The van der Waals surface area contributed by atoms with E-state index in [-0.39, 0.29) is 17.3 Å². The number of sulfonamides is 1. The summed E-state index contributed by atoms with van der Waals surface area (Å²) in [5, 5.41) is 3.93. The summed E-state index contributed by atoms with van der Waals surface area (Å²) in [4.78, 5) is 4.53. The highest BCUT2D eigenvalue weighted by Crippen LogP contribution is 2.22. The van der Waals surface area contributed by atoms with E-state index >= 15 is 0 Å². The Labute approximate surface area is 165 Å². The SMILES string of the molecule is COc1ccc(-c2noc(CN(C)S(=O)(=O)c3ccc(C(C)C)cc3)n2)cc1. The minimum Gasteiger partial charge on any atom is -0.497 e. The van der Waals surface area contributed by atoms with Crippen LogP contribution < -0.4 is 4.74 Å². The topological polar surface area (TPSA) is 85.5 Å². The maximum atomic E-state index is 12.8. The molecule has 0 bridgehead atoms. The third-order valence-corrected chi connectivity index (χ3v) is 6.25. The molecule has 148 valence electrons. The molecule has 0 fully saturated rings. The van der Waals surface area contributed by atoms with Crippen LogP contribution in [0, 0.1) is 0 Å². The molecule has 0 aliphatic heterocycles. The second kappa shape index (κ2) is 8.12. The normalized spacial score (nSPS) is 11.9. The van der Waals surface area contributed by atoms with E-state index in [9.17, 15) is 8.42 Å². The number of aromatic nitrogens is 2. The van der Waals surface area contributed by atoms with Crippen LogP contribution in [0.3, 0.4) is 0 Å². The minimum absolute atomic E-state index is 0.0164. The van der Waals surface area contributed by atoms with Gasteiger partial charge in [-0.3, -0.25) is 0 Å². The monoisotopic (exact) mass is 401 g/mol. The second-order valence-corrected chi connectivity index (χ2v) is 8.77. The van der Waals surface area contributed by atoms with Crippen LogP contribution in [0.15, 0.2) is 57.9 Å². The number of rotatable bonds is 7. The van der Waals surface area contributed by atoms with Crippen LogP contribution in [0.5, 0.6) is 5.75 Å². The quantitative estimate of drug-likeness (QED) is 0.600. The van der Waals surface area contributed by atoms with Crippen LogP contribution in [0.4, 0.5) is 0 Å². The fourth-order valence-corrected chi connectivity index (χ4v) is 3.78. The van der Waals surface area contributed by atoms with Gasteiger partial charge in [0.05, 0.1) is 18.6 Å². The van der Waals surface area contributed by atoms with Crippen molar-refractivity contribution in [2.24, 2.45) is 0 Å². The zero-order valence-electron chi connectivity index (χ0n) is 16.3. The van der Waals surface area contributed by atoms with E-state index in [1.807, 2.05) is 24.3 Å². The summed E-state index contributed by atoms with van der Waals surface area (Å²) in [6.07, 6.45) is 0. The predicted octanol–water partition coefficient (Wildman–Crippen LogP) is 3.69. The third-order valence-electron chi connectivity index (χ3n) is 4.43. The number of nitrogens with zero attached hydrogens (tertiary/aromatic N) is 3. The van der Waals surface area contributed by atoms with Crippen molar-refractivity contribution in [1.29, 1.82) is 0 Å². The molecule has 28 heavy (non-hydrogen) atoms. The first-order chi connectivity index (χ1) is 13.3. The molecule has 2 aromatic carbocycles. The molecule has 1 heterocycles. The Morgan fingerprint density at radius 3 is 2.29 bits per heavy atom. The number of hydrogen-bond acceptors (Lipinski definition) is 6. The molecular weight excluding hydrogens is 378 g/mol. The van der Waals surface area contributed by atoms with Crippen molar-refractivity contribution >= 4 is 10.0 Å². The van der Waals surface area contributed by atoms with E-state index in [1.165, 1.54) is 11.4 Å². The molecule has 3 rings (SSSR count). The lowest BCUT2D eigenvalue weighted by atomic mass is 10.0. The van der Waals surface area contributed by atoms with Gasteiger partial charge in [-0.25, -0.2) is 8.42 Å². The van der Waals surface area contributed by atoms with Crippen LogP contribution in [-0.2, 0) is 16.6 Å². The van der Waals surface area contributed by atoms with E-state index in [0.717, 1.165) is 16.9 Å². The standard InChI is InChI=1S/C20H23N3O4S/c1-14(2)15-7-11-18(12-8-15)28(24,25)23(3)13-19-21-20(22-27-19)16-5-9-17(26-4)10-6-16/h5-12,14H,13H2,1-4H3. The Morgan fingerprint density at radius 1 is 1.07 bits per heavy atom. The number of methoxy groups -OCH3 is 1. The molecule has 0 unspecified atom stereocenters. The zero-order chi connectivity index (χ0) is 20.3. The average Bonchev–Trinajstić information content (AvgIpc) is 3.16. The molecule has 3 aromatic rings. The van der Waals surface area contributed by atoms with Crippen molar-refractivity contribution < 1.29 is 17.7 Å². The molecule has 0 radical (unpaired) electrons. The zero-order valence-corrected chi connectivity index (χ0v) is 17.1. The summed E-state index contributed by atoms with van der Waals surface area (Å²) < 4.78 is 37.1. The Kier molecular flexibility index (Phi) is 5.81. The molecule has 0 saturated carbocycles. The Morgan fingerprint density at radius 2 is 1.71 bits per heavy atom. The van der Waals surface area contributed by atoms with Gasteiger partial charge in [0.25, 0.3) is 0 Å². The first-order valence-corrected chi connectivity index (χ1v) is 10.3. The molecule has 0 atom stereocenters. The molecule has 7 nitrogen and oxygen atoms in total. The maximum absolute atomic E-state index is 12.8. The van der Waals surface area contributed by atoms with E-state index in [1.54, 1.807) is 31.4 Å². The Bertz CT molecular complexity index is 1030. The minimum atomic E-state index is -3.65. The fraction of sp³-hybridized carbons (Fsp3) is 0.300. The summed E-state index contributed by atoms with van der Waals surface area (Å²) in [6, 6.07) is 14.1. The van der Waals surface area contributed by atoms with Gasteiger partial charge in [0.2, 0.25) is 21.7 Å². The third kappa shape index (κ3) is 4.23. The molecule has 0 amide bonds. The van der Waals surface area contributed by atoms with Gasteiger partial charge in [-0.15, -0.1) is 0 Å². The van der Waals surface area contributed by atoms with Gasteiger partial charge < -0.3 is 9.26 Å². The predicted molar refractivity (Wildman–Crippen MR) is 105 cm³/mol. The molecule has 1 aromatic heterocycles. The van der Waals surface area contributed by atoms with Crippen molar-refractivity contribution in [2.75, 3.05) is 14.2 Å². The van der Waals surface area contributed by atoms with Gasteiger partial charge in [0.1, 0.15) is 5.75 Å². The van der Waals surface area contributed by atoms with Gasteiger partial charge in [-0.1, -0.05) is 31.1 Å². The summed E-state index contributed by atoms with van der Waals surface area (Å²) in [5.41, 5.74) is 1.84. The highest BCUT2D eigenvalue weighted by atomic mass is 32.2. The summed E-state index contributed by atoms with van der Waals surface area (Å²) in [7, 11) is -0.575. The van der Waals surface area contributed by atoms with Crippen LogP contribution in [-0.4, -0.2) is 37.0 Å². The van der Waals surface area contributed by atoms with Crippen molar-refractivity contribution in [1.82, 2.24) is 14.4 Å². The number of ether oxygens (including phenoxy) is 1. The highest BCUT2D eigenvalue weighted by Gasteiger charge is 2.23. The Hall–Kier alpha value is -2.71. The number of hydrogen-bond donors (Lipinski definition) is 0. The average molecular weight is 401 g/mol. The molecule has 0 N–H and O–H groups in total. The van der Waals surface area contributed by atoms with Crippen molar-refractivity contribution in [3.63, 3.8) is 0 Å². The lowest BCUT2D eigenvalue weighted by molar-refractivity contribution is 0.337. The second-order valence-electron chi connectivity index (χ2n) is 6.73. The maximum Gasteiger partial charge on any atom is 0.243 e. The molecule has 8 heteroatoms. The molecule has 0 saturated heterocycles. The van der Waals surface area contributed by atoms with Crippen LogP contribution in [0.2, 0.25) is 0 Å². The molecular formula is C20H23N3O4S. The largest absolute Gasteiger partial charge is 0.497 e. The van der Waals surface area contributed by atoms with Gasteiger partial charge >= 0.3 is 0 Å². The fourth-order valence-electron chi connectivity index (χ4n) is 2.66. The molecule has 0 aliphatic carbocycles. The number of benzene rings is 2. The van der Waals surface area contributed by atoms with E-state index in [2.05, 4.69) is 24.0 Å². The van der Waals surface area contributed by atoms with Gasteiger partial charge in [-0.05, 0) is 47.9 Å². The summed E-state index contributed by atoms with van der Waals surface area (Å²) >= 11 is 0. The molecule has 0 aliphatic rings. The Balaban J connectivity index is 1.74. The van der Waals surface area contributed by atoms with E-state index in [4.69, 9.17) is 9.26 Å². The van der Waals surface area contributed by atoms with Gasteiger partial charge in [0.15, 0.2) is 0 Å². The summed E-state index contributed by atoms with van der Waals surface area (Å²) in [6.45, 7) is 4.11. The van der Waals surface area contributed by atoms with Crippen LogP contribution >= 0.6 is 0 Å². The lowest BCUT2D eigenvalue weighted by Crippen LogP contribution is -2.26. The molecule has 0 spiro atoms. The summed E-state index contributed by atoms with van der Waals surface area (Å²) in [5.74, 6) is 1.67. The lowest BCUT2D eigenvalue weighted by Gasteiger charge is -2.15. The van der Waals surface area contributed by atoms with Crippen LogP contribution in [0.25, 0.3) is 11.4 Å². The highest BCUT2D eigenvalue weighted by molar-refractivity contribution is 7.89. The van der Waals surface area contributed by atoms with E-state index < -0.39 is 10.0 Å².